The van der Waals surface area contributed by atoms with Crippen molar-refractivity contribution in [2.75, 3.05) is 13.2 Å². The van der Waals surface area contributed by atoms with E-state index in [1.54, 1.807) is 6.07 Å². The number of aliphatic hydroxyl groups is 1. The molecule has 1 atom stereocenters. The maximum absolute atomic E-state index is 13.5. The molecular formula is C12H16FNO. The molecule has 1 aromatic carbocycles. The molecule has 0 saturated carbocycles. The van der Waals surface area contributed by atoms with Gasteiger partial charge in [-0.05, 0) is 36.6 Å². The highest BCUT2D eigenvalue weighted by Crippen LogP contribution is 2.37. The van der Waals surface area contributed by atoms with E-state index < -0.39 is 5.54 Å². The summed E-state index contributed by atoms with van der Waals surface area (Å²) in [5, 5.41) is 12.8. The van der Waals surface area contributed by atoms with Crippen molar-refractivity contribution in [3.63, 3.8) is 0 Å². The zero-order valence-corrected chi connectivity index (χ0v) is 8.89. The van der Waals surface area contributed by atoms with Crippen molar-refractivity contribution in [1.82, 2.24) is 5.32 Å². The molecule has 2 N–H and O–H groups in total. The van der Waals surface area contributed by atoms with E-state index in [-0.39, 0.29) is 12.4 Å². The minimum absolute atomic E-state index is 0.0251. The normalized spacial score (nSPS) is 24.2. The maximum Gasteiger partial charge on any atom is 0.126 e. The Morgan fingerprint density at radius 1 is 1.53 bits per heavy atom. The summed E-state index contributed by atoms with van der Waals surface area (Å²) in [6.45, 7) is 2.79. The lowest BCUT2D eigenvalue weighted by Gasteiger charge is -2.29. The van der Waals surface area contributed by atoms with Crippen molar-refractivity contribution >= 4 is 0 Å². The highest BCUT2D eigenvalue weighted by Gasteiger charge is 2.38. The van der Waals surface area contributed by atoms with Gasteiger partial charge in [0, 0.05) is 0 Å². The third kappa shape index (κ3) is 1.56. The van der Waals surface area contributed by atoms with E-state index in [0.29, 0.717) is 6.42 Å². The highest BCUT2D eigenvalue weighted by molar-refractivity contribution is 5.39. The van der Waals surface area contributed by atoms with Crippen LogP contribution < -0.4 is 5.32 Å². The monoisotopic (exact) mass is 209 g/mol. The number of hydrogen-bond donors (Lipinski definition) is 2. The Bertz CT molecular complexity index is 367. The summed E-state index contributed by atoms with van der Waals surface area (Å²) < 4.78 is 13.5. The number of rotatable bonds is 3. The molecule has 3 heteroatoms. The van der Waals surface area contributed by atoms with Crippen LogP contribution in [0.2, 0.25) is 0 Å². The molecule has 0 amide bonds. The van der Waals surface area contributed by atoms with E-state index in [1.807, 2.05) is 13.0 Å². The molecule has 2 nitrogen and oxygen atoms in total. The van der Waals surface area contributed by atoms with Gasteiger partial charge in [-0.15, -0.1) is 0 Å². The van der Waals surface area contributed by atoms with E-state index >= 15 is 0 Å². The predicted octanol–water partition coefficient (Wildman–Crippen LogP) is 1.57. The predicted molar refractivity (Wildman–Crippen MR) is 57.2 cm³/mol. The van der Waals surface area contributed by atoms with Crippen LogP contribution >= 0.6 is 0 Å². The topological polar surface area (TPSA) is 32.3 Å². The molecule has 1 unspecified atom stereocenters. The van der Waals surface area contributed by atoms with Crippen molar-refractivity contribution in [3.8, 4) is 0 Å². The number of aliphatic hydroxyl groups excluding tert-OH is 1. The van der Waals surface area contributed by atoms with Crippen LogP contribution in [-0.2, 0) is 12.0 Å². The van der Waals surface area contributed by atoms with Gasteiger partial charge in [0.15, 0.2) is 0 Å². The Morgan fingerprint density at radius 2 is 2.33 bits per heavy atom. The summed E-state index contributed by atoms with van der Waals surface area (Å²) in [5.41, 5.74) is 1.26. The second kappa shape index (κ2) is 3.91. The van der Waals surface area contributed by atoms with Gasteiger partial charge in [0.1, 0.15) is 5.82 Å². The Balaban J connectivity index is 2.46. The summed E-state index contributed by atoms with van der Waals surface area (Å²) >= 11 is 0. The molecule has 1 aliphatic carbocycles. The van der Waals surface area contributed by atoms with Crippen LogP contribution in [0.15, 0.2) is 18.2 Å². The average molecular weight is 209 g/mol. The van der Waals surface area contributed by atoms with Gasteiger partial charge in [-0.3, -0.25) is 0 Å². The van der Waals surface area contributed by atoms with Crippen molar-refractivity contribution in [2.45, 2.75) is 25.3 Å². The van der Waals surface area contributed by atoms with Gasteiger partial charge in [-0.1, -0.05) is 19.1 Å². The number of nitrogens with one attached hydrogen (secondary N) is 1. The third-order valence-corrected chi connectivity index (χ3v) is 3.22. The smallest absolute Gasteiger partial charge is 0.126 e. The second-order valence-electron chi connectivity index (χ2n) is 4.04. The highest BCUT2D eigenvalue weighted by atomic mass is 19.1. The van der Waals surface area contributed by atoms with Crippen molar-refractivity contribution in [3.05, 3.63) is 35.1 Å². The van der Waals surface area contributed by atoms with Gasteiger partial charge >= 0.3 is 0 Å². The Morgan fingerprint density at radius 3 is 3.00 bits per heavy atom. The van der Waals surface area contributed by atoms with E-state index in [4.69, 9.17) is 0 Å². The van der Waals surface area contributed by atoms with E-state index in [1.165, 1.54) is 6.07 Å². The summed E-state index contributed by atoms with van der Waals surface area (Å²) in [5.74, 6) is -0.152. The molecule has 0 aliphatic heterocycles. The minimum Gasteiger partial charge on any atom is -0.394 e. The maximum atomic E-state index is 13.5. The molecule has 1 aromatic rings. The Labute approximate surface area is 89.1 Å². The standard InChI is InChI=1S/C12H16FNO/c1-2-14-12(8-15)7-6-9-10(12)4-3-5-11(9)13/h3-5,14-15H,2,6-8H2,1H3. The quantitative estimate of drug-likeness (QED) is 0.792. The molecule has 1 aliphatic rings. The molecule has 0 saturated heterocycles. The van der Waals surface area contributed by atoms with Crippen LogP contribution in [-0.4, -0.2) is 18.3 Å². The van der Waals surface area contributed by atoms with Gasteiger partial charge in [0.25, 0.3) is 0 Å². The lowest BCUT2D eigenvalue weighted by atomic mass is 9.92. The number of fused-ring (bicyclic) bond motifs is 1. The van der Waals surface area contributed by atoms with Crippen molar-refractivity contribution in [1.29, 1.82) is 0 Å². The fourth-order valence-electron chi connectivity index (χ4n) is 2.48. The van der Waals surface area contributed by atoms with Crippen molar-refractivity contribution < 1.29 is 9.50 Å². The SMILES string of the molecule is CCNC1(CO)CCc2c(F)cccc21. The van der Waals surface area contributed by atoms with Crippen LogP contribution in [0.4, 0.5) is 4.39 Å². The first-order valence-corrected chi connectivity index (χ1v) is 5.37. The van der Waals surface area contributed by atoms with Crippen LogP contribution in [0.5, 0.6) is 0 Å². The minimum atomic E-state index is -0.424. The van der Waals surface area contributed by atoms with Crippen LogP contribution in [0.25, 0.3) is 0 Å². The molecule has 0 aromatic heterocycles. The molecule has 0 spiro atoms. The van der Waals surface area contributed by atoms with Crippen molar-refractivity contribution in [2.24, 2.45) is 0 Å². The molecule has 82 valence electrons. The molecule has 2 rings (SSSR count). The number of hydrogen-bond acceptors (Lipinski definition) is 2. The van der Waals surface area contributed by atoms with Gasteiger partial charge in [0.05, 0.1) is 12.1 Å². The van der Waals surface area contributed by atoms with Crippen LogP contribution in [0.1, 0.15) is 24.5 Å². The zero-order valence-electron chi connectivity index (χ0n) is 8.89. The molecule has 0 fully saturated rings. The lowest BCUT2D eigenvalue weighted by Crippen LogP contribution is -2.43. The molecule has 0 heterocycles. The van der Waals surface area contributed by atoms with Crippen LogP contribution in [0, 0.1) is 5.82 Å². The first-order chi connectivity index (χ1) is 7.23. The number of likely N-dealkylation sites (N-methyl/N-ethyl adjacent to an activating group) is 1. The van der Waals surface area contributed by atoms with Gasteiger partial charge in [-0.2, -0.15) is 0 Å². The molecule has 0 bridgehead atoms. The van der Waals surface area contributed by atoms with Gasteiger partial charge in [-0.25, -0.2) is 4.39 Å². The molecular weight excluding hydrogens is 193 g/mol. The van der Waals surface area contributed by atoms with Gasteiger partial charge in [0.2, 0.25) is 0 Å². The summed E-state index contributed by atoms with van der Waals surface area (Å²) in [7, 11) is 0. The second-order valence-corrected chi connectivity index (χ2v) is 4.04. The molecule has 15 heavy (non-hydrogen) atoms. The molecule has 0 radical (unpaired) electrons. The third-order valence-electron chi connectivity index (χ3n) is 3.22. The fourth-order valence-corrected chi connectivity index (χ4v) is 2.48. The van der Waals surface area contributed by atoms with E-state index in [0.717, 1.165) is 24.1 Å². The summed E-state index contributed by atoms with van der Waals surface area (Å²) in [6.07, 6.45) is 1.48. The number of halogens is 1. The summed E-state index contributed by atoms with van der Waals surface area (Å²) in [6, 6.07) is 5.10. The Kier molecular flexibility index (Phi) is 2.76. The Hall–Kier alpha value is -0.930. The average Bonchev–Trinajstić information content (AvgIpc) is 2.61. The summed E-state index contributed by atoms with van der Waals surface area (Å²) in [4.78, 5) is 0. The largest absolute Gasteiger partial charge is 0.394 e. The van der Waals surface area contributed by atoms with Gasteiger partial charge < -0.3 is 10.4 Å². The zero-order chi connectivity index (χ0) is 10.9. The first-order valence-electron chi connectivity index (χ1n) is 5.37. The number of benzene rings is 1. The lowest BCUT2D eigenvalue weighted by molar-refractivity contribution is 0.162. The van der Waals surface area contributed by atoms with Crippen LogP contribution in [0.3, 0.4) is 0 Å². The van der Waals surface area contributed by atoms with E-state index in [9.17, 15) is 9.50 Å². The fraction of sp³-hybridized carbons (Fsp3) is 0.500. The van der Waals surface area contributed by atoms with E-state index in [2.05, 4.69) is 5.32 Å². The first kappa shape index (κ1) is 10.6.